The molecule has 0 saturated carbocycles. The molecule has 2 atom stereocenters. The Hall–Kier alpha value is -1.06. The van der Waals surface area contributed by atoms with Gasteiger partial charge in [0, 0.05) is 11.6 Å². The Morgan fingerprint density at radius 2 is 1.79 bits per heavy atom. The van der Waals surface area contributed by atoms with Crippen LogP contribution in [0.2, 0.25) is 0 Å². The van der Waals surface area contributed by atoms with Gasteiger partial charge in [0.1, 0.15) is 5.75 Å². The van der Waals surface area contributed by atoms with E-state index in [9.17, 15) is 5.11 Å². The highest BCUT2D eigenvalue weighted by Crippen LogP contribution is 2.33. The van der Waals surface area contributed by atoms with E-state index in [1.165, 1.54) is 5.56 Å². The van der Waals surface area contributed by atoms with Gasteiger partial charge in [0.05, 0.1) is 13.2 Å². The van der Waals surface area contributed by atoms with E-state index in [4.69, 9.17) is 10.5 Å². The molecule has 1 rings (SSSR count). The standard InChI is InChI=1S/C16H27NO2/c1-10(2)14(17)15(18)12-9-11(16(3,4)5)7-8-13(12)19-6/h7-10,14-15,18H,17H2,1-6H3. The van der Waals surface area contributed by atoms with Crippen LogP contribution >= 0.6 is 0 Å². The number of benzene rings is 1. The summed E-state index contributed by atoms with van der Waals surface area (Å²) < 4.78 is 5.35. The summed E-state index contributed by atoms with van der Waals surface area (Å²) in [4.78, 5) is 0. The van der Waals surface area contributed by atoms with Gasteiger partial charge in [0.15, 0.2) is 0 Å². The first-order valence-corrected chi connectivity index (χ1v) is 6.80. The molecule has 1 aromatic carbocycles. The first kappa shape index (κ1) is 16.0. The Morgan fingerprint density at radius 3 is 2.21 bits per heavy atom. The largest absolute Gasteiger partial charge is 0.496 e. The molecule has 0 aliphatic heterocycles. The van der Waals surface area contributed by atoms with Gasteiger partial charge in [-0.25, -0.2) is 0 Å². The predicted molar refractivity (Wildman–Crippen MR) is 79.5 cm³/mol. The first-order valence-electron chi connectivity index (χ1n) is 6.80. The molecule has 0 radical (unpaired) electrons. The molecule has 0 bridgehead atoms. The second-order valence-electron chi connectivity index (χ2n) is 6.47. The van der Waals surface area contributed by atoms with Crippen molar-refractivity contribution >= 4 is 0 Å². The normalized spacial score (nSPS) is 15.4. The van der Waals surface area contributed by atoms with Crippen LogP contribution in [0.25, 0.3) is 0 Å². The molecule has 19 heavy (non-hydrogen) atoms. The highest BCUT2D eigenvalue weighted by atomic mass is 16.5. The van der Waals surface area contributed by atoms with Crippen molar-refractivity contribution in [3.05, 3.63) is 29.3 Å². The number of aliphatic hydroxyl groups is 1. The molecular weight excluding hydrogens is 238 g/mol. The first-order chi connectivity index (χ1) is 8.68. The van der Waals surface area contributed by atoms with Crippen molar-refractivity contribution in [1.29, 1.82) is 0 Å². The molecule has 3 nitrogen and oxygen atoms in total. The molecule has 0 spiro atoms. The molecule has 2 unspecified atom stereocenters. The molecule has 0 aliphatic rings. The van der Waals surface area contributed by atoms with E-state index in [2.05, 4.69) is 20.8 Å². The van der Waals surface area contributed by atoms with E-state index in [0.717, 1.165) is 5.56 Å². The molecule has 3 heteroatoms. The second-order valence-corrected chi connectivity index (χ2v) is 6.47. The maximum atomic E-state index is 10.5. The van der Waals surface area contributed by atoms with Gasteiger partial charge in [-0.1, -0.05) is 40.7 Å². The average molecular weight is 265 g/mol. The van der Waals surface area contributed by atoms with Crippen molar-refractivity contribution in [2.24, 2.45) is 11.7 Å². The Labute approximate surface area is 116 Å². The fourth-order valence-corrected chi connectivity index (χ4v) is 2.00. The Balaban J connectivity index is 3.23. The van der Waals surface area contributed by atoms with E-state index >= 15 is 0 Å². The highest BCUT2D eigenvalue weighted by molar-refractivity contribution is 5.41. The van der Waals surface area contributed by atoms with E-state index in [1.807, 2.05) is 32.0 Å². The zero-order valence-electron chi connectivity index (χ0n) is 12.9. The maximum Gasteiger partial charge on any atom is 0.124 e. The molecule has 0 heterocycles. The fourth-order valence-electron chi connectivity index (χ4n) is 2.00. The second kappa shape index (κ2) is 5.93. The molecule has 0 saturated heterocycles. The number of methoxy groups -OCH3 is 1. The van der Waals surface area contributed by atoms with E-state index < -0.39 is 6.10 Å². The summed E-state index contributed by atoms with van der Waals surface area (Å²) >= 11 is 0. The van der Waals surface area contributed by atoms with Gasteiger partial charge in [-0.15, -0.1) is 0 Å². The van der Waals surface area contributed by atoms with Gasteiger partial charge in [0.2, 0.25) is 0 Å². The summed E-state index contributed by atoms with van der Waals surface area (Å²) in [6.45, 7) is 10.5. The van der Waals surface area contributed by atoms with Gasteiger partial charge in [-0.05, 0) is 29.0 Å². The van der Waals surface area contributed by atoms with Crippen LogP contribution in [0.4, 0.5) is 0 Å². The minimum Gasteiger partial charge on any atom is -0.496 e. The molecule has 1 aromatic rings. The third-order valence-corrected chi connectivity index (χ3v) is 3.55. The monoisotopic (exact) mass is 265 g/mol. The van der Waals surface area contributed by atoms with Crippen molar-refractivity contribution in [3.8, 4) is 5.75 Å². The van der Waals surface area contributed by atoms with Gasteiger partial charge in [-0.3, -0.25) is 0 Å². The number of rotatable bonds is 4. The van der Waals surface area contributed by atoms with Crippen molar-refractivity contribution in [1.82, 2.24) is 0 Å². The Bertz CT molecular complexity index is 421. The molecule has 0 amide bonds. The summed E-state index contributed by atoms with van der Waals surface area (Å²) in [5.41, 5.74) is 8.04. The minimum atomic E-state index is -0.711. The van der Waals surface area contributed by atoms with E-state index in [1.54, 1.807) is 7.11 Å². The molecule has 3 N–H and O–H groups in total. The van der Waals surface area contributed by atoms with Gasteiger partial charge >= 0.3 is 0 Å². The van der Waals surface area contributed by atoms with Gasteiger partial charge in [0.25, 0.3) is 0 Å². The number of nitrogens with two attached hydrogens (primary N) is 1. The fraction of sp³-hybridized carbons (Fsp3) is 0.625. The lowest BCUT2D eigenvalue weighted by Gasteiger charge is -2.26. The predicted octanol–water partition coefficient (Wildman–Crippen LogP) is 3.01. The van der Waals surface area contributed by atoms with Crippen LogP contribution in [0.15, 0.2) is 18.2 Å². The van der Waals surface area contributed by atoms with Crippen molar-refractivity contribution in [2.75, 3.05) is 7.11 Å². The van der Waals surface area contributed by atoms with Crippen molar-refractivity contribution < 1.29 is 9.84 Å². The molecule has 0 aliphatic carbocycles. The number of hydrogen-bond donors (Lipinski definition) is 2. The Kier molecular flexibility index (Phi) is 4.99. The number of aliphatic hydroxyl groups excluding tert-OH is 1. The third-order valence-electron chi connectivity index (χ3n) is 3.55. The van der Waals surface area contributed by atoms with E-state index in [-0.39, 0.29) is 17.4 Å². The minimum absolute atomic E-state index is 0.0304. The quantitative estimate of drug-likeness (QED) is 0.880. The van der Waals surface area contributed by atoms with Gasteiger partial charge < -0.3 is 15.6 Å². The summed E-state index contributed by atoms with van der Waals surface area (Å²) in [5, 5.41) is 10.5. The SMILES string of the molecule is COc1ccc(C(C)(C)C)cc1C(O)C(N)C(C)C. The summed E-state index contributed by atoms with van der Waals surface area (Å²) in [6, 6.07) is 5.65. The van der Waals surface area contributed by atoms with Crippen LogP contribution in [0, 0.1) is 5.92 Å². The van der Waals surface area contributed by atoms with Gasteiger partial charge in [-0.2, -0.15) is 0 Å². The topological polar surface area (TPSA) is 55.5 Å². The smallest absolute Gasteiger partial charge is 0.124 e. The summed E-state index contributed by atoms with van der Waals surface area (Å²) in [6.07, 6.45) is -0.711. The van der Waals surface area contributed by atoms with Crippen molar-refractivity contribution in [3.63, 3.8) is 0 Å². The lowest BCUT2D eigenvalue weighted by atomic mass is 9.84. The lowest BCUT2D eigenvalue weighted by Crippen LogP contribution is -2.33. The van der Waals surface area contributed by atoms with Crippen LogP contribution < -0.4 is 10.5 Å². The highest BCUT2D eigenvalue weighted by Gasteiger charge is 2.25. The Morgan fingerprint density at radius 1 is 1.21 bits per heavy atom. The summed E-state index contributed by atoms with van der Waals surface area (Å²) in [5.74, 6) is 0.898. The van der Waals surface area contributed by atoms with Crippen LogP contribution in [-0.2, 0) is 5.41 Å². The van der Waals surface area contributed by atoms with Crippen LogP contribution in [0.5, 0.6) is 5.75 Å². The summed E-state index contributed by atoms with van der Waals surface area (Å²) in [7, 11) is 1.61. The maximum absolute atomic E-state index is 10.5. The third kappa shape index (κ3) is 3.71. The molecule has 0 fully saturated rings. The molecule has 108 valence electrons. The van der Waals surface area contributed by atoms with Crippen LogP contribution in [0.3, 0.4) is 0 Å². The van der Waals surface area contributed by atoms with Crippen LogP contribution in [0.1, 0.15) is 51.8 Å². The number of ether oxygens (including phenoxy) is 1. The lowest BCUT2D eigenvalue weighted by molar-refractivity contribution is 0.122. The van der Waals surface area contributed by atoms with Crippen LogP contribution in [-0.4, -0.2) is 18.3 Å². The van der Waals surface area contributed by atoms with Crippen molar-refractivity contribution in [2.45, 2.75) is 52.2 Å². The zero-order valence-corrected chi connectivity index (χ0v) is 12.9. The molecule has 0 aromatic heterocycles. The molecular formula is C16H27NO2. The average Bonchev–Trinajstić information content (AvgIpc) is 2.34. The zero-order chi connectivity index (χ0) is 14.8. The number of hydrogen-bond acceptors (Lipinski definition) is 3. The van der Waals surface area contributed by atoms with E-state index in [0.29, 0.717) is 5.75 Å².